The van der Waals surface area contributed by atoms with Crippen molar-refractivity contribution in [3.63, 3.8) is 0 Å². The molecule has 1 rings (SSSR count). The van der Waals surface area contributed by atoms with Gasteiger partial charge in [0.2, 0.25) is 0 Å². The number of alkyl halides is 3. The summed E-state index contributed by atoms with van der Waals surface area (Å²) >= 11 is -0.336. The van der Waals surface area contributed by atoms with Crippen molar-refractivity contribution >= 4 is 17.4 Å². The van der Waals surface area contributed by atoms with Crippen molar-refractivity contribution in [2.45, 2.75) is 10.4 Å². The number of nitrogen functional groups attached to an aromatic ring is 1. The van der Waals surface area contributed by atoms with E-state index >= 15 is 0 Å². The van der Waals surface area contributed by atoms with Crippen LogP contribution in [0.3, 0.4) is 0 Å². The maximum absolute atomic E-state index is 12.0. The zero-order valence-corrected chi connectivity index (χ0v) is 7.62. The van der Waals surface area contributed by atoms with Crippen LogP contribution in [-0.2, 0) is 0 Å². The number of nitrogens with one attached hydrogen (secondary N) is 1. The molecule has 0 spiro atoms. The highest BCUT2D eigenvalue weighted by Crippen LogP contribution is 2.42. The van der Waals surface area contributed by atoms with E-state index in [2.05, 4.69) is 0 Å². The molecule has 0 aliphatic rings. The van der Waals surface area contributed by atoms with E-state index in [0.717, 1.165) is 0 Å². The Kier molecular flexibility index (Phi) is 3.12. The lowest BCUT2D eigenvalue weighted by Crippen LogP contribution is -2.09. The van der Waals surface area contributed by atoms with Gasteiger partial charge in [0.1, 0.15) is 11.4 Å². The number of aromatic hydroxyl groups is 1. The lowest BCUT2D eigenvalue weighted by atomic mass is 10.3. The Balaban J connectivity index is 3.02. The highest BCUT2D eigenvalue weighted by atomic mass is 32.2. The minimum absolute atomic E-state index is 0.130. The molecule has 0 atom stereocenters. The third kappa shape index (κ3) is 2.71. The summed E-state index contributed by atoms with van der Waals surface area (Å²) in [5, 5.41) is 9.17. The van der Waals surface area contributed by atoms with Crippen molar-refractivity contribution in [2.75, 3.05) is 5.43 Å². The molecule has 0 fully saturated rings. The van der Waals surface area contributed by atoms with Crippen molar-refractivity contribution in [3.05, 3.63) is 18.2 Å². The van der Waals surface area contributed by atoms with Crippen LogP contribution in [-0.4, -0.2) is 10.6 Å². The van der Waals surface area contributed by atoms with Crippen molar-refractivity contribution in [1.29, 1.82) is 0 Å². The van der Waals surface area contributed by atoms with Gasteiger partial charge in [-0.25, -0.2) is 0 Å². The highest BCUT2D eigenvalue weighted by molar-refractivity contribution is 8.00. The average molecular weight is 224 g/mol. The van der Waals surface area contributed by atoms with E-state index < -0.39 is 5.51 Å². The molecule has 0 amide bonds. The third-order valence-corrected chi connectivity index (χ3v) is 2.17. The van der Waals surface area contributed by atoms with Gasteiger partial charge in [-0.3, -0.25) is 5.84 Å². The first-order chi connectivity index (χ1) is 6.44. The van der Waals surface area contributed by atoms with Crippen LogP contribution in [0.1, 0.15) is 0 Å². The second-order valence-corrected chi connectivity index (χ2v) is 3.45. The lowest BCUT2D eigenvalue weighted by Gasteiger charge is -2.11. The minimum Gasteiger partial charge on any atom is -0.506 e. The standard InChI is InChI=1S/C7H7F3N2OS/c8-7(9,10)14-5-3-1-2-4(13)6(5)12-11/h1-3,12-13H,11H2. The first-order valence-corrected chi connectivity index (χ1v) is 4.30. The van der Waals surface area contributed by atoms with Crippen LogP contribution in [0.25, 0.3) is 0 Å². The summed E-state index contributed by atoms with van der Waals surface area (Å²) in [5.74, 6) is 4.66. The summed E-state index contributed by atoms with van der Waals surface area (Å²) in [6.07, 6.45) is 0. The first kappa shape index (κ1) is 11.0. The molecule has 0 aliphatic heterocycles. The number of hydrogen-bond acceptors (Lipinski definition) is 4. The molecule has 78 valence electrons. The predicted molar refractivity (Wildman–Crippen MR) is 47.8 cm³/mol. The van der Waals surface area contributed by atoms with Gasteiger partial charge >= 0.3 is 5.51 Å². The summed E-state index contributed by atoms with van der Waals surface area (Å²) in [6, 6.07) is 3.77. The minimum atomic E-state index is -4.40. The number of hydrogen-bond donors (Lipinski definition) is 3. The molecule has 1 aromatic carbocycles. The SMILES string of the molecule is NNc1c(O)cccc1SC(F)(F)F. The molecule has 0 aliphatic carbocycles. The summed E-state index contributed by atoms with van der Waals surface area (Å²) in [5.41, 5.74) is -2.52. The van der Waals surface area contributed by atoms with Crippen LogP contribution in [0.15, 0.2) is 23.1 Å². The van der Waals surface area contributed by atoms with E-state index in [-0.39, 0.29) is 28.1 Å². The molecule has 0 saturated carbocycles. The fourth-order valence-corrected chi connectivity index (χ4v) is 1.54. The van der Waals surface area contributed by atoms with E-state index in [9.17, 15) is 13.2 Å². The number of thioether (sulfide) groups is 1. The van der Waals surface area contributed by atoms with Crippen LogP contribution in [0.2, 0.25) is 0 Å². The number of para-hydroxylation sites is 1. The Morgan fingerprint density at radius 3 is 2.50 bits per heavy atom. The Morgan fingerprint density at radius 2 is 2.00 bits per heavy atom. The molecule has 3 nitrogen and oxygen atoms in total. The Labute approximate surface area is 82.1 Å². The Bertz CT molecular complexity index is 329. The Hall–Kier alpha value is -1.08. The molecule has 0 bridgehead atoms. The van der Waals surface area contributed by atoms with Crippen LogP contribution in [0, 0.1) is 0 Å². The van der Waals surface area contributed by atoms with E-state index in [1.54, 1.807) is 0 Å². The smallest absolute Gasteiger partial charge is 0.446 e. The zero-order valence-electron chi connectivity index (χ0n) is 6.80. The van der Waals surface area contributed by atoms with Gasteiger partial charge in [0, 0.05) is 4.90 Å². The van der Waals surface area contributed by atoms with Gasteiger partial charge in [0.15, 0.2) is 0 Å². The van der Waals surface area contributed by atoms with E-state index in [1.807, 2.05) is 5.43 Å². The highest BCUT2D eigenvalue weighted by Gasteiger charge is 2.30. The van der Waals surface area contributed by atoms with Crippen molar-refractivity contribution in [3.8, 4) is 5.75 Å². The molecule has 4 N–H and O–H groups in total. The van der Waals surface area contributed by atoms with Crippen molar-refractivity contribution < 1.29 is 18.3 Å². The van der Waals surface area contributed by atoms with Gasteiger partial charge in [-0.2, -0.15) is 13.2 Å². The number of nitrogens with two attached hydrogens (primary N) is 1. The molecule has 0 unspecified atom stereocenters. The van der Waals surface area contributed by atoms with Gasteiger partial charge in [-0.15, -0.1) is 0 Å². The van der Waals surface area contributed by atoms with Crippen LogP contribution in [0.4, 0.5) is 18.9 Å². The number of benzene rings is 1. The summed E-state index contributed by atoms with van der Waals surface area (Å²) in [7, 11) is 0. The fourth-order valence-electron chi connectivity index (χ4n) is 0.874. The third-order valence-electron chi connectivity index (χ3n) is 1.37. The molecule has 0 heterocycles. The second kappa shape index (κ2) is 3.97. The lowest BCUT2D eigenvalue weighted by molar-refractivity contribution is -0.0327. The van der Waals surface area contributed by atoms with Gasteiger partial charge < -0.3 is 10.5 Å². The maximum atomic E-state index is 12.0. The quantitative estimate of drug-likeness (QED) is 0.312. The molecular formula is C7H7F3N2OS. The number of phenolic OH excluding ortho intramolecular Hbond substituents is 1. The number of phenols is 1. The van der Waals surface area contributed by atoms with Gasteiger partial charge in [0.25, 0.3) is 0 Å². The van der Waals surface area contributed by atoms with Gasteiger partial charge in [-0.1, -0.05) is 6.07 Å². The van der Waals surface area contributed by atoms with E-state index in [1.165, 1.54) is 18.2 Å². The normalized spacial score (nSPS) is 11.4. The number of halogens is 3. The van der Waals surface area contributed by atoms with Crippen molar-refractivity contribution in [1.82, 2.24) is 0 Å². The number of anilines is 1. The second-order valence-electron chi connectivity index (χ2n) is 2.34. The fraction of sp³-hybridized carbons (Fsp3) is 0.143. The van der Waals surface area contributed by atoms with E-state index in [4.69, 9.17) is 10.9 Å². The molecule has 0 radical (unpaired) electrons. The molecule has 7 heteroatoms. The maximum Gasteiger partial charge on any atom is 0.446 e. The Morgan fingerprint density at radius 1 is 1.36 bits per heavy atom. The van der Waals surface area contributed by atoms with E-state index in [0.29, 0.717) is 0 Å². The number of rotatable bonds is 2. The topological polar surface area (TPSA) is 58.3 Å². The monoisotopic (exact) mass is 224 g/mol. The van der Waals surface area contributed by atoms with Crippen LogP contribution in [0.5, 0.6) is 5.75 Å². The average Bonchev–Trinajstić information content (AvgIpc) is 2.01. The van der Waals surface area contributed by atoms with Crippen LogP contribution >= 0.6 is 11.8 Å². The largest absolute Gasteiger partial charge is 0.506 e. The summed E-state index contributed by atoms with van der Waals surface area (Å²) in [4.78, 5) is -0.167. The van der Waals surface area contributed by atoms with Gasteiger partial charge in [0.05, 0.1) is 0 Å². The molecule has 14 heavy (non-hydrogen) atoms. The molecule has 0 saturated heterocycles. The van der Waals surface area contributed by atoms with Crippen molar-refractivity contribution in [2.24, 2.45) is 5.84 Å². The summed E-state index contributed by atoms with van der Waals surface area (Å²) < 4.78 is 36.0. The molecular weight excluding hydrogens is 217 g/mol. The summed E-state index contributed by atoms with van der Waals surface area (Å²) in [6.45, 7) is 0. The first-order valence-electron chi connectivity index (χ1n) is 3.48. The predicted octanol–water partition coefficient (Wildman–Crippen LogP) is 2.29. The molecule has 1 aromatic rings. The number of hydrazine groups is 1. The zero-order chi connectivity index (χ0) is 10.8. The molecule has 0 aromatic heterocycles. The van der Waals surface area contributed by atoms with Crippen LogP contribution < -0.4 is 11.3 Å². The van der Waals surface area contributed by atoms with Gasteiger partial charge in [-0.05, 0) is 23.9 Å².